The van der Waals surface area contributed by atoms with E-state index in [1.165, 1.54) is 5.57 Å². The van der Waals surface area contributed by atoms with Gasteiger partial charge < -0.3 is 0 Å². The molecule has 0 amide bonds. The molecule has 0 aromatic carbocycles. The Hall–Kier alpha value is -0.850. The highest BCUT2D eigenvalue weighted by Gasteiger charge is 2.03. The zero-order valence-electron chi connectivity index (χ0n) is 8.69. The monoisotopic (exact) mass is 166 g/mol. The van der Waals surface area contributed by atoms with Crippen LogP contribution in [0, 0.1) is 0 Å². The summed E-state index contributed by atoms with van der Waals surface area (Å²) in [4.78, 5) is 11.1. The van der Waals surface area contributed by atoms with E-state index in [0.717, 1.165) is 17.6 Å². The summed E-state index contributed by atoms with van der Waals surface area (Å²) in [5, 5.41) is 0. The predicted molar refractivity (Wildman–Crippen MR) is 53.1 cm³/mol. The fourth-order valence-corrected chi connectivity index (χ4v) is 1.33. The highest BCUT2D eigenvalue weighted by molar-refractivity contribution is 5.94. The van der Waals surface area contributed by atoms with Gasteiger partial charge in [0.1, 0.15) is 0 Å². The van der Waals surface area contributed by atoms with Crippen LogP contribution in [0.1, 0.15) is 41.0 Å². The molecule has 0 atom stereocenters. The maximum atomic E-state index is 11.1. The van der Waals surface area contributed by atoms with E-state index in [0.29, 0.717) is 0 Å². The molecule has 68 valence electrons. The fraction of sp³-hybridized carbons (Fsp3) is 0.545. The van der Waals surface area contributed by atoms with E-state index in [-0.39, 0.29) is 5.78 Å². The van der Waals surface area contributed by atoms with Gasteiger partial charge in [-0.15, -0.1) is 0 Å². The van der Waals surface area contributed by atoms with E-state index in [4.69, 9.17) is 0 Å². The van der Waals surface area contributed by atoms with E-state index in [1.54, 1.807) is 6.92 Å². The normalized spacial score (nSPS) is 12.1. The van der Waals surface area contributed by atoms with Crippen LogP contribution < -0.4 is 0 Å². The van der Waals surface area contributed by atoms with Crippen molar-refractivity contribution in [1.82, 2.24) is 0 Å². The van der Waals surface area contributed by atoms with Crippen molar-refractivity contribution in [3.8, 4) is 0 Å². The van der Waals surface area contributed by atoms with Crippen LogP contribution in [-0.2, 0) is 4.79 Å². The lowest BCUT2D eigenvalue weighted by molar-refractivity contribution is -0.113. The molecule has 0 rings (SSSR count). The minimum Gasteiger partial charge on any atom is -0.295 e. The Kier molecular flexibility index (Phi) is 4.57. The summed E-state index contributed by atoms with van der Waals surface area (Å²) in [5.41, 5.74) is 3.28. The van der Waals surface area contributed by atoms with Gasteiger partial charge >= 0.3 is 0 Å². The maximum absolute atomic E-state index is 11.1. The number of Topliss-reactive ketones (excluding diaryl/α,β-unsaturated/α-hetero) is 1. The van der Waals surface area contributed by atoms with Gasteiger partial charge in [-0.2, -0.15) is 0 Å². The van der Waals surface area contributed by atoms with Gasteiger partial charge in [-0.3, -0.25) is 4.79 Å². The fourth-order valence-electron chi connectivity index (χ4n) is 1.33. The number of allylic oxidation sites excluding steroid dienone is 4. The van der Waals surface area contributed by atoms with Crippen LogP contribution in [0.2, 0.25) is 0 Å². The summed E-state index contributed by atoms with van der Waals surface area (Å²) in [6.45, 7) is 9.71. The lowest BCUT2D eigenvalue weighted by Crippen LogP contribution is -1.97. The van der Waals surface area contributed by atoms with Crippen molar-refractivity contribution in [3.05, 3.63) is 22.8 Å². The van der Waals surface area contributed by atoms with Crippen LogP contribution in [0.4, 0.5) is 0 Å². The lowest BCUT2D eigenvalue weighted by Gasteiger charge is -2.03. The lowest BCUT2D eigenvalue weighted by atomic mass is 10.0. The van der Waals surface area contributed by atoms with Gasteiger partial charge in [-0.1, -0.05) is 18.6 Å². The van der Waals surface area contributed by atoms with Crippen molar-refractivity contribution in [3.63, 3.8) is 0 Å². The zero-order valence-corrected chi connectivity index (χ0v) is 8.69. The zero-order chi connectivity index (χ0) is 9.72. The number of ketones is 1. The molecular weight excluding hydrogens is 148 g/mol. The molecule has 0 aliphatic heterocycles. The summed E-state index contributed by atoms with van der Waals surface area (Å²) in [6, 6.07) is 0. The van der Waals surface area contributed by atoms with E-state index in [1.807, 2.05) is 27.7 Å². The number of rotatable bonds is 3. The third kappa shape index (κ3) is 3.51. The van der Waals surface area contributed by atoms with Gasteiger partial charge in [0.05, 0.1) is 0 Å². The Morgan fingerprint density at radius 1 is 1.17 bits per heavy atom. The molecule has 0 saturated carbocycles. The molecule has 0 aliphatic carbocycles. The van der Waals surface area contributed by atoms with Crippen LogP contribution in [0.25, 0.3) is 0 Å². The van der Waals surface area contributed by atoms with E-state index in [2.05, 4.69) is 6.08 Å². The quantitative estimate of drug-likeness (QED) is 0.464. The molecule has 0 radical (unpaired) electrons. The van der Waals surface area contributed by atoms with Crippen molar-refractivity contribution in [2.75, 3.05) is 0 Å². The first kappa shape index (κ1) is 11.2. The van der Waals surface area contributed by atoms with Crippen molar-refractivity contribution >= 4 is 5.78 Å². The smallest absolute Gasteiger partial charge is 0.156 e. The molecular formula is C11H18O. The number of carbonyl (C=O) groups excluding carboxylic acids is 1. The highest BCUT2D eigenvalue weighted by Crippen LogP contribution is 2.12. The van der Waals surface area contributed by atoms with Gasteiger partial charge in [-0.25, -0.2) is 0 Å². The topological polar surface area (TPSA) is 17.1 Å². The van der Waals surface area contributed by atoms with Crippen LogP contribution in [-0.4, -0.2) is 5.78 Å². The maximum Gasteiger partial charge on any atom is 0.156 e. The molecule has 1 heteroatoms. The summed E-state index contributed by atoms with van der Waals surface area (Å²) in [6.07, 6.45) is 2.88. The molecule has 0 aromatic heterocycles. The van der Waals surface area contributed by atoms with Crippen molar-refractivity contribution in [2.45, 2.75) is 41.0 Å². The molecule has 0 N–H and O–H groups in total. The summed E-state index contributed by atoms with van der Waals surface area (Å²) < 4.78 is 0. The predicted octanol–water partition coefficient (Wildman–Crippen LogP) is 3.27. The van der Waals surface area contributed by atoms with Gasteiger partial charge in [0, 0.05) is 0 Å². The summed E-state index contributed by atoms with van der Waals surface area (Å²) in [7, 11) is 0. The second kappa shape index (κ2) is 4.91. The number of carbonyl (C=O) groups is 1. The van der Waals surface area contributed by atoms with Gasteiger partial charge in [-0.05, 0) is 45.3 Å². The largest absolute Gasteiger partial charge is 0.295 e. The van der Waals surface area contributed by atoms with E-state index < -0.39 is 0 Å². The molecule has 0 fully saturated rings. The average molecular weight is 166 g/mol. The Labute approximate surface area is 75.2 Å². The van der Waals surface area contributed by atoms with Crippen molar-refractivity contribution in [2.24, 2.45) is 0 Å². The van der Waals surface area contributed by atoms with Crippen LogP contribution in [0.5, 0.6) is 0 Å². The molecule has 12 heavy (non-hydrogen) atoms. The van der Waals surface area contributed by atoms with Gasteiger partial charge in [0.25, 0.3) is 0 Å². The minimum atomic E-state index is 0.188. The summed E-state index contributed by atoms with van der Waals surface area (Å²) in [5.74, 6) is 0.188. The molecule has 0 bridgehead atoms. The van der Waals surface area contributed by atoms with Gasteiger partial charge in [0.15, 0.2) is 5.78 Å². The third-order valence-corrected chi connectivity index (χ3v) is 1.76. The van der Waals surface area contributed by atoms with Crippen LogP contribution in [0.15, 0.2) is 22.8 Å². The first-order chi connectivity index (χ1) is 5.49. The Morgan fingerprint density at radius 2 is 1.67 bits per heavy atom. The van der Waals surface area contributed by atoms with Crippen LogP contribution >= 0.6 is 0 Å². The molecule has 0 aromatic rings. The molecule has 0 saturated heterocycles. The Balaban J connectivity index is 4.85. The van der Waals surface area contributed by atoms with Gasteiger partial charge in [0.2, 0.25) is 0 Å². The standard InChI is InChI=1S/C11H18O/c1-6-11(10(5)12)9(4)7-8(2)3/h7H,6H2,1-5H3. The van der Waals surface area contributed by atoms with E-state index >= 15 is 0 Å². The van der Waals surface area contributed by atoms with Crippen LogP contribution in [0.3, 0.4) is 0 Å². The molecule has 0 unspecified atom stereocenters. The Morgan fingerprint density at radius 3 is 1.92 bits per heavy atom. The second-order valence-corrected chi connectivity index (χ2v) is 3.29. The SMILES string of the molecule is CCC(C(C)=O)=C(C)C=C(C)C. The minimum absolute atomic E-state index is 0.188. The van der Waals surface area contributed by atoms with E-state index in [9.17, 15) is 4.79 Å². The molecule has 1 nitrogen and oxygen atoms in total. The first-order valence-electron chi connectivity index (χ1n) is 4.34. The molecule has 0 heterocycles. The average Bonchev–Trinajstić information content (AvgIpc) is 1.85. The van der Waals surface area contributed by atoms with Crippen molar-refractivity contribution < 1.29 is 4.79 Å². The molecule has 0 spiro atoms. The number of hydrogen-bond acceptors (Lipinski definition) is 1. The summed E-state index contributed by atoms with van der Waals surface area (Å²) >= 11 is 0. The Bertz CT molecular complexity index is 227. The highest BCUT2D eigenvalue weighted by atomic mass is 16.1. The first-order valence-corrected chi connectivity index (χ1v) is 4.34. The number of hydrogen-bond donors (Lipinski definition) is 0. The third-order valence-electron chi connectivity index (χ3n) is 1.76. The molecule has 0 aliphatic rings. The van der Waals surface area contributed by atoms with Crippen molar-refractivity contribution in [1.29, 1.82) is 0 Å². The second-order valence-electron chi connectivity index (χ2n) is 3.29.